The van der Waals surface area contributed by atoms with Crippen molar-refractivity contribution in [3.05, 3.63) is 53.3 Å². The quantitative estimate of drug-likeness (QED) is 0.675. The van der Waals surface area contributed by atoms with E-state index in [1.165, 1.54) is 30.7 Å². The van der Waals surface area contributed by atoms with E-state index in [1.807, 2.05) is 0 Å². The van der Waals surface area contributed by atoms with Crippen LogP contribution in [0.4, 0.5) is 0 Å². The van der Waals surface area contributed by atoms with Gasteiger partial charge in [0.05, 0.1) is 0 Å². The van der Waals surface area contributed by atoms with Gasteiger partial charge in [0, 0.05) is 10.5 Å². The Kier molecular flexibility index (Phi) is 3.23. The summed E-state index contributed by atoms with van der Waals surface area (Å²) in [6, 6.07) is 10.8. The van der Waals surface area contributed by atoms with Crippen molar-refractivity contribution in [1.29, 1.82) is 0 Å². The molecule has 0 aliphatic heterocycles. The zero-order valence-corrected chi connectivity index (χ0v) is 12.4. The van der Waals surface area contributed by atoms with Gasteiger partial charge in [-0.15, -0.1) is 0 Å². The molecule has 1 aromatic heterocycles. The highest BCUT2D eigenvalue weighted by atomic mass is 79.9. The number of halogens is 1. The van der Waals surface area contributed by atoms with Crippen molar-refractivity contribution >= 4 is 37.1 Å². The van der Waals surface area contributed by atoms with Crippen molar-refractivity contribution < 1.29 is 17.0 Å². The zero-order chi connectivity index (χ0) is 14.2. The lowest BCUT2D eigenvalue weighted by Crippen LogP contribution is -2.09. The Morgan fingerprint density at radius 3 is 2.60 bits per heavy atom. The predicted molar refractivity (Wildman–Crippen MR) is 76.0 cm³/mol. The van der Waals surface area contributed by atoms with E-state index in [9.17, 15) is 8.42 Å². The maximum atomic E-state index is 12.1. The second kappa shape index (κ2) is 4.92. The Bertz CT molecular complexity index is 855. The van der Waals surface area contributed by atoms with Gasteiger partial charge < -0.3 is 8.60 Å². The summed E-state index contributed by atoms with van der Waals surface area (Å²) in [7, 11) is -3.86. The molecule has 0 fully saturated rings. The molecule has 2 aromatic carbocycles. The first-order chi connectivity index (χ1) is 9.54. The normalized spacial score (nSPS) is 11.7. The second-order valence-corrected chi connectivity index (χ2v) is 6.44. The van der Waals surface area contributed by atoms with Crippen LogP contribution in [0.2, 0.25) is 0 Å². The topological polar surface area (TPSA) is 69.4 Å². The molecule has 102 valence electrons. The van der Waals surface area contributed by atoms with E-state index in [-0.39, 0.29) is 10.6 Å². The highest BCUT2D eigenvalue weighted by Crippen LogP contribution is 2.23. The van der Waals surface area contributed by atoms with E-state index in [0.717, 1.165) is 4.47 Å². The van der Waals surface area contributed by atoms with Crippen molar-refractivity contribution in [2.45, 2.75) is 4.90 Å². The van der Waals surface area contributed by atoms with Gasteiger partial charge in [-0.3, -0.25) is 0 Å². The molecule has 0 radical (unpaired) electrons. The fourth-order valence-electron chi connectivity index (χ4n) is 1.67. The lowest BCUT2D eigenvalue weighted by molar-refractivity contribution is 0.486. The van der Waals surface area contributed by atoms with Crippen LogP contribution < -0.4 is 4.18 Å². The molecular formula is C13H8BrNO4S. The summed E-state index contributed by atoms with van der Waals surface area (Å²) in [5, 5.41) is 0. The summed E-state index contributed by atoms with van der Waals surface area (Å²) < 4.78 is 35.2. The number of rotatable bonds is 3. The largest absolute Gasteiger partial charge is 0.443 e. The van der Waals surface area contributed by atoms with E-state index in [0.29, 0.717) is 11.1 Å². The molecule has 0 spiro atoms. The first-order valence-corrected chi connectivity index (χ1v) is 7.78. The van der Waals surface area contributed by atoms with Crippen LogP contribution in [0.25, 0.3) is 11.1 Å². The van der Waals surface area contributed by atoms with Crippen molar-refractivity contribution in [1.82, 2.24) is 4.98 Å². The van der Waals surface area contributed by atoms with Crippen molar-refractivity contribution in [2.75, 3.05) is 0 Å². The maximum Gasteiger partial charge on any atom is 0.339 e. The molecule has 0 atom stereocenters. The highest BCUT2D eigenvalue weighted by molar-refractivity contribution is 9.10. The second-order valence-electron chi connectivity index (χ2n) is 3.97. The third-order valence-corrected chi connectivity index (χ3v) is 4.40. The van der Waals surface area contributed by atoms with Crippen LogP contribution in [-0.4, -0.2) is 13.4 Å². The lowest BCUT2D eigenvalue weighted by atomic mass is 10.3. The number of nitrogens with zero attached hydrogens (tertiary/aromatic N) is 1. The molecule has 3 rings (SSSR count). The van der Waals surface area contributed by atoms with E-state index < -0.39 is 10.1 Å². The van der Waals surface area contributed by atoms with Crippen LogP contribution in [0.3, 0.4) is 0 Å². The third-order valence-electron chi connectivity index (χ3n) is 2.61. The summed E-state index contributed by atoms with van der Waals surface area (Å²) in [4.78, 5) is 4.03. The summed E-state index contributed by atoms with van der Waals surface area (Å²) >= 11 is 3.25. The van der Waals surface area contributed by atoms with Crippen LogP contribution in [-0.2, 0) is 10.1 Å². The zero-order valence-electron chi connectivity index (χ0n) is 9.99. The van der Waals surface area contributed by atoms with Gasteiger partial charge in [-0.05, 0) is 36.4 Å². The minimum Gasteiger partial charge on any atom is -0.443 e. The number of benzene rings is 2. The SMILES string of the molecule is O=S(=O)(Oc1ccc2ocnc2c1)c1ccc(Br)cc1. The number of aromatic nitrogens is 1. The van der Waals surface area contributed by atoms with Crippen molar-refractivity contribution in [3.63, 3.8) is 0 Å². The van der Waals surface area contributed by atoms with Gasteiger partial charge in [0.1, 0.15) is 16.2 Å². The van der Waals surface area contributed by atoms with Gasteiger partial charge in [-0.25, -0.2) is 4.98 Å². The summed E-state index contributed by atoms with van der Waals surface area (Å²) in [6.45, 7) is 0. The van der Waals surface area contributed by atoms with Crippen LogP contribution in [0, 0.1) is 0 Å². The number of oxazole rings is 1. The van der Waals surface area contributed by atoms with Crippen molar-refractivity contribution in [3.8, 4) is 5.75 Å². The summed E-state index contributed by atoms with van der Waals surface area (Å²) in [5.41, 5.74) is 1.10. The Balaban J connectivity index is 1.94. The summed E-state index contributed by atoms with van der Waals surface area (Å²) in [6.07, 6.45) is 1.29. The molecule has 0 unspecified atom stereocenters. The minimum atomic E-state index is -3.86. The lowest BCUT2D eigenvalue weighted by Gasteiger charge is -2.06. The molecule has 0 N–H and O–H groups in total. The molecule has 1 heterocycles. The molecule has 0 aliphatic carbocycles. The van der Waals surface area contributed by atoms with Gasteiger partial charge in [0.2, 0.25) is 0 Å². The first kappa shape index (κ1) is 13.1. The van der Waals surface area contributed by atoms with E-state index in [2.05, 4.69) is 20.9 Å². The molecule has 0 saturated carbocycles. The molecule has 20 heavy (non-hydrogen) atoms. The highest BCUT2D eigenvalue weighted by Gasteiger charge is 2.17. The van der Waals surface area contributed by atoms with Gasteiger partial charge in [0.15, 0.2) is 12.0 Å². The molecule has 0 bridgehead atoms. The van der Waals surface area contributed by atoms with Crippen LogP contribution in [0.15, 0.2) is 62.6 Å². The Morgan fingerprint density at radius 1 is 1.10 bits per heavy atom. The van der Waals surface area contributed by atoms with Gasteiger partial charge in [-0.2, -0.15) is 8.42 Å². The van der Waals surface area contributed by atoms with E-state index in [4.69, 9.17) is 8.60 Å². The molecule has 0 amide bonds. The number of fused-ring (bicyclic) bond motifs is 1. The van der Waals surface area contributed by atoms with Gasteiger partial charge >= 0.3 is 10.1 Å². The number of hydrogen-bond donors (Lipinski definition) is 0. The average molecular weight is 354 g/mol. The molecule has 0 aliphatic rings. The molecule has 3 aromatic rings. The smallest absolute Gasteiger partial charge is 0.339 e. The number of hydrogen-bond acceptors (Lipinski definition) is 5. The minimum absolute atomic E-state index is 0.0842. The fourth-order valence-corrected chi connectivity index (χ4v) is 2.85. The third kappa shape index (κ3) is 2.54. The van der Waals surface area contributed by atoms with Gasteiger partial charge in [0.25, 0.3) is 0 Å². The Morgan fingerprint density at radius 2 is 1.85 bits per heavy atom. The average Bonchev–Trinajstić information content (AvgIpc) is 2.86. The monoisotopic (exact) mass is 353 g/mol. The molecule has 5 nitrogen and oxygen atoms in total. The molecule has 0 saturated heterocycles. The first-order valence-electron chi connectivity index (χ1n) is 5.58. The standard InChI is InChI=1S/C13H8BrNO4S/c14-9-1-4-11(5-2-9)20(16,17)19-10-3-6-13-12(7-10)15-8-18-13/h1-8H. The van der Waals surface area contributed by atoms with E-state index >= 15 is 0 Å². The Labute approximate surface area is 123 Å². The van der Waals surface area contributed by atoms with Crippen LogP contribution in [0.1, 0.15) is 0 Å². The fraction of sp³-hybridized carbons (Fsp3) is 0. The van der Waals surface area contributed by atoms with Gasteiger partial charge in [-0.1, -0.05) is 15.9 Å². The van der Waals surface area contributed by atoms with Crippen LogP contribution >= 0.6 is 15.9 Å². The van der Waals surface area contributed by atoms with Crippen LogP contribution in [0.5, 0.6) is 5.75 Å². The maximum absolute atomic E-state index is 12.1. The van der Waals surface area contributed by atoms with Crippen molar-refractivity contribution in [2.24, 2.45) is 0 Å². The molecular weight excluding hydrogens is 346 g/mol. The molecule has 7 heteroatoms. The van der Waals surface area contributed by atoms with E-state index in [1.54, 1.807) is 18.2 Å². The predicted octanol–water partition coefficient (Wildman–Crippen LogP) is 3.36. The summed E-state index contributed by atoms with van der Waals surface area (Å²) in [5.74, 6) is 0.189. The Hall–Kier alpha value is -1.86.